The fourth-order valence-electron chi connectivity index (χ4n) is 3.21. The van der Waals surface area contributed by atoms with E-state index in [9.17, 15) is 9.90 Å². The maximum Gasteiger partial charge on any atom is 0.192 e. The van der Waals surface area contributed by atoms with Gasteiger partial charge < -0.3 is 14.4 Å². The number of imidazole rings is 1. The van der Waals surface area contributed by atoms with E-state index >= 15 is 0 Å². The van der Waals surface area contributed by atoms with Gasteiger partial charge >= 0.3 is 0 Å². The molecule has 24 heavy (non-hydrogen) atoms. The molecule has 1 N–H and O–H groups in total. The topological polar surface area (TPSA) is 64.3 Å². The quantitative estimate of drug-likeness (QED) is 0.910. The SMILES string of the molecule is CC(C)c1c(O)c(C(C)(C)C)cc2c1OCC(n1ccnc1)C2=O. The van der Waals surface area contributed by atoms with Crippen LogP contribution in [-0.4, -0.2) is 27.0 Å². The van der Waals surface area contributed by atoms with Crippen molar-refractivity contribution in [3.8, 4) is 11.5 Å². The molecule has 2 heterocycles. The van der Waals surface area contributed by atoms with Crippen molar-refractivity contribution in [2.24, 2.45) is 0 Å². The first-order chi connectivity index (χ1) is 11.2. The van der Waals surface area contributed by atoms with Crippen molar-refractivity contribution >= 4 is 5.78 Å². The van der Waals surface area contributed by atoms with Crippen molar-refractivity contribution in [2.75, 3.05) is 6.61 Å². The Morgan fingerprint density at radius 1 is 1.38 bits per heavy atom. The van der Waals surface area contributed by atoms with Crippen molar-refractivity contribution in [1.29, 1.82) is 0 Å². The van der Waals surface area contributed by atoms with Gasteiger partial charge in [0.15, 0.2) is 5.78 Å². The van der Waals surface area contributed by atoms with E-state index in [2.05, 4.69) is 4.98 Å². The summed E-state index contributed by atoms with van der Waals surface area (Å²) in [7, 11) is 0. The van der Waals surface area contributed by atoms with Gasteiger partial charge in [-0.15, -0.1) is 0 Å². The average molecular weight is 328 g/mol. The van der Waals surface area contributed by atoms with E-state index in [1.807, 2.05) is 34.6 Å². The Morgan fingerprint density at radius 2 is 2.08 bits per heavy atom. The number of hydrogen-bond acceptors (Lipinski definition) is 4. The van der Waals surface area contributed by atoms with Crippen LogP contribution in [0.25, 0.3) is 0 Å². The van der Waals surface area contributed by atoms with Gasteiger partial charge in [-0.3, -0.25) is 4.79 Å². The third-order valence-electron chi connectivity index (χ3n) is 4.51. The van der Waals surface area contributed by atoms with Crippen LogP contribution in [0.5, 0.6) is 11.5 Å². The lowest BCUT2D eigenvalue weighted by atomic mass is 9.80. The summed E-state index contributed by atoms with van der Waals surface area (Å²) in [5.74, 6) is 0.822. The van der Waals surface area contributed by atoms with E-state index in [0.717, 1.165) is 11.1 Å². The molecule has 1 atom stereocenters. The minimum absolute atomic E-state index is 0.00153. The van der Waals surface area contributed by atoms with E-state index in [0.29, 0.717) is 11.3 Å². The van der Waals surface area contributed by atoms with Crippen molar-refractivity contribution in [3.63, 3.8) is 0 Å². The number of aromatic hydroxyl groups is 1. The number of phenols is 1. The molecule has 2 aromatic rings. The molecular weight excluding hydrogens is 304 g/mol. The van der Waals surface area contributed by atoms with Crippen LogP contribution in [0.4, 0.5) is 0 Å². The molecule has 0 aliphatic carbocycles. The number of ether oxygens (including phenoxy) is 1. The summed E-state index contributed by atoms with van der Waals surface area (Å²) in [5.41, 5.74) is 1.76. The first kappa shape index (κ1) is 16.6. The van der Waals surface area contributed by atoms with Gasteiger partial charge in [0.2, 0.25) is 0 Å². The van der Waals surface area contributed by atoms with Gasteiger partial charge in [-0.25, -0.2) is 4.98 Å². The second-order valence-electron chi connectivity index (χ2n) is 7.67. The summed E-state index contributed by atoms with van der Waals surface area (Å²) in [6.07, 6.45) is 5.05. The smallest absolute Gasteiger partial charge is 0.192 e. The number of hydrogen-bond donors (Lipinski definition) is 1. The molecular formula is C19H24N2O3. The number of aromatic nitrogens is 2. The number of carbonyl (C=O) groups is 1. The lowest BCUT2D eigenvalue weighted by Gasteiger charge is -2.31. The van der Waals surface area contributed by atoms with E-state index < -0.39 is 6.04 Å². The molecule has 1 aromatic carbocycles. The Balaban J connectivity index is 2.20. The molecule has 0 saturated heterocycles. The van der Waals surface area contributed by atoms with Crippen LogP contribution in [0.15, 0.2) is 24.8 Å². The van der Waals surface area contributed by atoms with Gasteiger partial charge in [0.25, 0.3) is 0 Å². The largest absolute Gasteiger partial charge is 0.507 e. The highest BCUT2D eigenvalue weighted by molar-refractivity contribution is 6.03. The molecule has 1 aromatic heterocycles. The third kappa shape index (κ3) is 2.58. The number of ketones is 1. The maximum absolute atomic E-state index is 13.1. The molecule has 5 nitrogen and oxygen atoms in total. The van der Waals surface area contributed by atoms with Crippen LogP contribution in [0.3, 0.4) is 0 Å². The molecule has 0 radical (unpaired) electrons. The van der Waals surface area contributed by atoms with Crippen molar-refractivity contribution < 1.29 is 14.6 Å². The summed E-state index contributed by atoms with van der Waals surface area (Å²) < 4.78 is 7.71. The van der Waals surface area contributed by atoms with Gasteiger partial charge in [0, 0.05) is 23.5 Å². The summed E-state index contributed by atoms with van der Waals surface area (Å²) >= 11 is 0. The molecule has 0 saturated carbocycles. The van der Waals surface area contributed by atoms with Crippen molar-refractivity contribution in [1.82, 2.24) is 9.55 Å². The molecule has 0 bridgehead atoms. The minimum Gasteiger partial charge on any atom is -0.507 e. The monoisotopic (exact) mass is 328 g/mol. The number of rotatable bonds is 2. The molecule has 128 valence electrons. The fraction of sp³-hybridized carbons (Fsp3) is 0.474. The number of phenolic OH excluding ortho intramolecular Hbond substituents is 1. The second-order valence-corrected chi connectivity index (χ2v) is 7.67. The van der Waals surface area contributed by atoms with Gasteiger partial charge in [-0.05, 0) is 17.4 Å². The minimum atomic E-state index is -0.419. The molecule has 0 spiro atoms. The number of fused-ring (bicyclic) bond motifs is 1. The summed E-state index contributed by atoms with van der Waals surface area (Å²) in [4.78, 5) is 17.1. The summed E-state index contributed by atoms with van der Waals surface area (Å²) in [5, 5.41) is 10.8. The van der Waals surface area contributed by atoms with Crippen LogP contribution in [0, 0.1) is 0 Å². The zero-order chi connectivity index (χ0) is 17.6. The Labute approximate surface area is 142 Å². The Hall–Kier alpha value is -2.30. The van der Waals surface area contributed by atoms with Crippen molar-refractivity contribution in [2.45, 2.75) is 52.0 Å². The molecule has 0 fully saturated rings. The third-order valence-corrected chi connectivity index (χ3v) is 4.51. The number of benzene rings is 1. The highest BCUT2D eigenvalue weighted by atomic mass is 16.5. The fourth-order valence-corrected chi connectivity index (χ4v) is 3.21. The normalized spacial score (nSPS) is 17.8. The summed E-state index contributed by atoms with van der Waals surface area (Å²) in [6, 6.07) is 1.37. The highest BCUT2D eigenvalue weighted by Gasteiger charge is 2.36. The number of carbonyl (C=O) groups excluding carboxylic acids is 1. The molecule has 5 heteroatoms. The first-order valence-electron chi connectivity index (χ1n) is 8.26. The van der Waals surface area contributed by atoms with E-state index in [4.69, 9.17) is 4.74 Å². The first-order valence-corrected chi connectivity index (χ1v) is 8.26. The van der Waals surface area contributed by atoms with Crippen LogP contribution < -0.4 is 4.74 Å². The second kappa shape index (κ2) is 5.65. The predicted octanol–water partition coefficient (Wildman–Crippen LogP) is 3.83. The molecule has 0 amide bonds. The van der Waals surface area contributed by atoms with E-state index in [1.165, 1.54) is 0 Å². The van der Waals surface area contributed by atoms with Crippen LogP contribution in [0.2, 0.25) is 0 Å². The molecule has 1 unspecified atom stereocenters. The Bertz CT molecular complexity index is 771. The summed E-state index contributed by atoms with van der Waals surface area (Å²) in [6.45, 7) is 10.3. The Morgan fingerprint density at radius 3 is 2.62 bits per heavy atom. The average Bonchev–Trinajstić information content (AvgIpc) is 2.99. The number of Topliss-reactive ketones (excluding diaryl/α,β-unsaturated/α-hetero) is 1. The van der Waals surface area contributed by atoms with E-state index in [-0.39, 0.29) is 29.5 Å². The zero-order valence-corrected chi connectivity index (χ0v) is 14.8. The van der Waals surface area contributed by atoms with Gasteiger partial charge in [0.1, 0.15) is 24.1 Å². The van der Waals surface area contributed by atoms with Gasteiger partial charge in [-0.2, -0.15) is 0 Å². The lowest BCUT2D eigenvalue weighted by Crippen LogP contribution is -2.31. The lowest BCUT2D eigenvalue weighted by molar-refractivity contribution is 0.0838. The number of nitrogens with zero attached hydrogens (tertiary/aromatic N) is 2. The van der Waals surface area contributed by atoms with Crippen LogP contribution >= 0.6 is 0 Å². The van der Waals surface area contributed by atoms with Gasteiger partial charge in [0.05, 0.1) is 11.9 Å². The molecule has 1 aliphatic heterocycles. The van der Waals surface area contributed by atoms with Crippen LogP contribution in [-0.2, 0) is 5.41 Å². The molecule has 1 aliphatic rings. The van der Waals surface area contributed by atoms with Crippen LogP contribution in [0.1, 0.15) is 68.1 Å². The molecule has 3 rings (SSSR count). The zero-order valence-electron chi connectivity index (χ0n) is 14.8. The maximum atomic E-state index is 13.1. The highest BCUT2D eigenvalue weighted by Crippen LogP contribution is 2.46. The van der Waals surface area contributed by atoms with Gasteiger partial charge in [-0.1, -0.05) is 34.6 Å². The van der Waals surface area contributed by atoms with E-state index in [1.54, 1.807) is 29.4 Å². The standard InChI is InChI=1S/C19H24N2O3/c1-11(2)15-17(23)13(19(3,4)5)8-12-16(22)14(9-24-18(12)15)21-7-6-20-10-21/h6-8,10-11,14,23H,9H2,1-5H3. The Kier molecular flexibility index (Phi) is 3.90. The van der Waals surface area contributed by atoms with Crippen molar-refractivity contribution in [3.05, 3.63) is 41.5 Å². The predicted molar refractivity (Wildman–Crippen MR) is 92.0 cm³/mol.